The third-order valence-corrected chi connectivity index (χ3v) is 9.22. The van der Waals surface area contributed by atoms with Crippen molar-refractivity contribution in [1.82, 2.24) is 0 Å². The highest BCUT2D eigenvalue weighted by Crippen LogP contribution is 2.60. The van der Waals surface area contributed by atoms with Gasteiger partial charge in [0, 0.05) is 0 Å². The van der Waals surface area contributed by atoms with Crippen LogP contribution in [0.15, 0.2) is 35.5 Å². The van der Waals surface area contributed by atoms with Crippen LogP contribution in [0.2, 0.25) is 0 Å². The van der Waals surface area contributed by atoms with Gasteiger partial charge in [-0.2, -0.15) is 0 Å². The van der Waals surface area contributed by atoms with Gasteiger partial charge in [0.15, 0.2) is 0 Å². The third kappa shape index (κ3) is 5.56. The Balaban J connectivity index is 1.71. The quantitative estimate of drug-likeness (QED) is 0.454. The van der Waals surface area contributed by atoms with Gasteiger partial charge in [-0.1, -0.05) is 71.4 Å². The molecule has 176 valence electrons. The number of hydrogen-bond acceptors (Lipinski definition) is 2. The summed E-state index contributed by atoms with van der Waals surface area (Å²) in [5, 5.41) is 20.3. The SMILES string of the molecule is C=C1[C@H](O)CC(=C/C=C2\CCC[C@@]3(C)C2CCC3[C@@H](C)[C@H](C)CCC(C)(C)C)C[C@H]1O. The monoisotopic (exact) mass is 428 g/mol. The molecule has 31 heavy (non-hydrogen) atoms. The van der Waals surface area contributed by atoms with Gasteiger partial charge in [0.2, 0.25) is 0 Å². The lowest BCUT2D eigenvalue weighted by atomic mass is 9.59. The van der Waals surface area contributed by atoms with Crippen molar-refractivity contribution >= 4 is 0 Å². The standard InChI is InChI=1S/C29H48O2/c1-19(14-16-28(4,5)6)20(2)24-12-13-25-23(9-8-15-29(24,25)7)11-10-22-17-26(30)21(3)27(31)18-22/h10-11,19-20,24-27,30-31H,3,8-9,12-18H2,1-2,4-7H3/b23-11+/t19-,20+,24?,25?,26-,27-,29-/m1/s1. The van der Waals surface area contributed by atoms with Crippen LogP contribution >= 0.6 is 0 Å². The van der Waals surface area contributed by atoms with E-state index < -0.39 is 12.2 Å². The molecule has 7 atom stereocenters. The Bertz CT molecular complexity index is 693. The Hall–Kier alpha value is -0.860. The Morgan fingerprint density at radius 3 is 2.35 bits per heavy atom. The van der Waals surface area contributed by atoms with Gasteiger partial charge < -0.3 is 10.2 Å². The maximum Gasteiger partial charge on any atom is 0.0809 e. The van der Waals surface area contributed by atoms with Crippen LogP contribution in [0.1, 0.15) is 99.3 Å². The normalized spacial score (nSPS) is 37.6. The highest BCUT2D eigenvalue weighted by atomic mass is 16.3. The molecule has 0 saturated heterocycles. The maximum atomic E-state index is 10.2. The fourth-order valence-corrected chi connectivity index (χ4v) is 6.89. The van der Waals surface area contributed by atoms with Crippen molar-refractivity contribution in [3.8, 4) is 0 Å². The van der Waals surface area contributed by atoms with E-state index in [-0.39, 0.29) is 0 Å². The van der Waals surface area contributed by atoms with E-state index in [0.717, 1.165) is 23.3 Å². The summed E-state index contributed by atoms with van der Waals surface area (Å²) in [7, 11) is 0. The summed E-state index contributed by atoms with van der Waals surface area (Å²) in [6.07, 6.45) is 13.8. The Labute approximate surface area is 191 Å². The van der Waals surface area contributed by atoms with Crippen LogP contribution in [0.4, 0.5) is 0 Å². The van der Waals surface area contributed by atoms with E-state index in [9.17, 15) is 10.2 Å². The van der Waals surface area contributed by atoms with Crippen LogP contribution < -0.4 is 0 Å². The molecular formula is C29H48O2. The van der Waals surface area contributed by atoms with Crippen LogP contribution in [0.25, 0.3) is 0 Å². The molecule has 0 aromatic rings. The zero-order valence-electron chi connectivity index (χ0n) is 21.1. The summed E-state index contributed by atoms with van der Waals surface area (Å²) in [6, 6.07) is 0. The largest absolute Gasteiger partial charge is 0.388 e. The third-order valence-electron chi connectivity index (χ3n) is 9.22. The average Bonchev–Trinajstić information content (AvgIpc) is 3.04. The summed E-state index contributed by atoms with van der Waals surface area (Å²) in [5.41, 5.74) is 4.20. The van der Waals surface area contributed by atoms with Crippen molar-refractivity contribution in [3.05, 3.63) is 35.5 Å². The number of fused-ring (bicyclic) bond motifs is 1. The minimum Gasteiger partial charge on any atom is -0.388 e. The van der Waals surface area contributed by atoms with Crippen molar-refractivity contribution in [1.29, 1.82) is 0 Å². The first-order chi connectivity index (χ1) is 14.4. The van der Waals surface area contributed by atoms with Crippen molar-refractivity contribution in [2.24, 2.45) is 34.5 Å². The van der Waals surface area contributed by atoms with Crippen LogP contribution in [-0.2, 0) is 0 Å². The molecule has 2 nitrogen and oxygen atoms in total. The smallest absolute Gasteiger partial charge is 0.0809 e. The fraction of sp³-hybridized carbons (Fsp3) is 0.793. The van der Waals surface area contributed by atoms with Gasteiger partial charge in [-0.15, -0.1) is 0 Å². The molecule has 3 aliphatic carbocycles. The van der Waals surface area contributed by atoms with E-state index in [2.05, 4.69) is 60.3 Å². The van der Waals surface area contributed by atoms with E-state index in [1.54, 1.807) is 5.57 Å². The number of aliphatic hydroxyl groups is 2. The Kier molecular flexibility index (Phi) is 7.64. The molecular weight excluding hydrogens is 380 g/mol. The summed E-state index contributed by atoms with van der Waals surface area (Å²) in [6.45, 7) is 18.5. The molecule has 2 unspecified atom stereocenters. The molecule has 0 aromatic carbocycles. The molecule has 3 aliphatic rings. The minimum absolute atomic E-state index is 0.428. The molecule has 0 amide bonds. The van der Waals surface area contributed by atoms with Gasteiger partial charge in [0.05, 0.1) is 12.2 Å². The van der Waals surface area contributed by atoms with Gasteiger partial charge in [0.25, 0.3) is 0 Å². The van der Waals surface area contributed by atoms with Gasteiger partial charge in [-0.05, 0) is 97.9 Å². The molecule has 0 spiro atoms. The van der Waals surface area contributed by atoms with Crippen LogP contribution in [-0.4, -0.2) is 22.4 Å². The van der Waals surface area contributed by atoms with Crippen molar-refractivity contribution < 1.29 is 10.2 Å². The minimum atomic E-state index is -0.601. The first-order valence-electron chi connectivity index (χ1n) is 12.9. The first kappa shape index (κ1) is 24.8. The molecule has 0 aliphatic heterocycles. The van der Waals surface area contributed by atoms with Crippen molar-refractivity contribution in [2.75, 3.05) is 0 Å². The molecule has 0 heterocycles. The fourth-order valence-electron chi connectivity index (χ4n) is 6.89. The van der Waals surface area contributed by atoms with E-state index in [4.69, 9.17) is 0 Å². The van der Waals surface area contributed by atoms with Crippen molar-refractivity contribution in [3.63, 3.8) is 0 Å². The second-order valence-electron chi connectivity index (χ2n) is 12.6. The number of rotatable bonds is 5. The summed E-state index contributed by atoms with van der Waals surface area (Å²) in [4.78, 5) is 0. The topological polar surface area (TPSA) is 40.5 Å². The van der Waals surface area contributed by atoms with E-state index >= 15 is 0 Å². The second-order valence-corrected chi connectivity index (χ2v) is 12.6. The highest BCUT2D eigenvalue weighted by molar-refractivity contribution is 5.29. The van der Waals surface area contributed by atoms with Crippen LogP contribution in [0.3, 0.4) is 0 Å². The van der Waals surface area contributed by atoms with Gasteiger partial charge in [-0.3, -0.25) is 0 Å². The summed E-state index contributed by atoms with van der Waals surface area (Å²) < 4.78 is 0. The lowest BCUT2D eigenvalue weighted by Gasteiger charge is -2.45. The van der Waals surface area contributed by atoms with Gasteiger partial charge in [0.1, 0.15) is 0 Å². The molecule has 3 fully saturated rings. The lowest BCUT2D eigenvalue weighted by Crippen LogP contribution is -2.37. The Morgan fingerprint density at radius 2 is 1.74 bits per heavy atom. The Morgan fingerprint density at radius 1 is 1.10 bits per heavy atom. The first-order valence-corrected chi connectivity index (χ1v) is 12.9. The summed E-state index contributed by atoms with van der Waals surface area (Å²) >= 11 is 0. The number of allylic oxidation sites excluding steroid dienone is 3. The molecule has 2 N–H and O–H groups in total. The zero-order chi connectivity index (χ0) is 23.0. The van der Waals surface area contributed by atoms with Crippen LogP contribution in [0.5, 0.6) is 0 Å². The molecule has 2 heteroatoms. The van der Waals surface area contributed by atoms with E-state index in [0.29, 0.717) is 35.2 Å². The number of aliphatic hydroxyl groups excluding tert-OH is 2. The average molecular weight is 429 g/mol. The number of hydrogen-bond donors (Lipinski definition) is 2. The molecule has 3 saturated carbocycles. The molecule has 0 aromatic heterocycles. The van der Waals surface area contributed by atoms with E-state index in [1.807, 2.05) is 0 Å². The highest BCUT2D eigenvalue weighted by Gasteiger charge is 2.51. The van der Waals surface area contributed by atoms with Crippen molar-refractivity contribution in [2.45, 2.75) is 112 Å². The lowest BCUT2D eigenvalue weighted by molar-refractivity contribution is 0.0714. The zero-order valence-corrected chi connectivity index (χ0v) is 21.1. The van der Waals surface area contributed by atoms with E-state index in [1.165, 1.54) is 44.9 Å². The summed E-state index contributed by atoms with van der Waals surface area (Å²) in [5.74, 6) is 3.10. The molecule has 0 bridgehead atoms. The predicted molar refractivity (Wildman–Crippen MR) is 132 cm³/mol. The predicted octanol–water partition coefficient (Wildman–Crippen LogP) is 7.23. The van der Waals surface area contributed by atoms with Gasteiger partial charge >= 0.3 is 0 Å². The van der Waals surface area contributed by atoms with Gasteiger partial charge in [-0.25, -0.2) is 0 Å². The van der Waals surface area contributed by atoms with Crippen LogP contribution in [0, 0.1) is 34.5 Å². The molecule has 0 radical (unpaired) electrons. The maximum absolute atomic E-state index is 10.2. The molecule has 3 rings (SSSR count). The second kappa shape index (κ2) is 9.56.